The highest BCUT2D eigenvalue weighted by atomic mass is 16.5. The van der Waals surface area contributed by atoms with Gasteiger partial charge in [-0.2, -0.15) is 0 Å². The predicted molar refractivity (Wildman–Crippen MR) is 86.2 cm³/mol. The maximum absolute atomic E-state index is 11.2. The minimum absolute atomic E-state index is 0.191. The second-order valence-electron chi connectivity index (χ2n) is 5.33. The summed E-state index contributed by atoms with van der Waals surface area (Å²) in [7, 11) is 1.56. The summed E-state index contributed by atoms with van der Waals surface area (Å²) in [6.07, 6.45) is 2.17. The van der Waals surface area contributed by atoms with Crippen LogP contribution in [0.3, 0.4) is 0 Å². The number of aliphatic hydroxyl groups excluding tert-OH is 1. The maximum atomic E-state index is 11.2. The largest absolute Gasteiger partial charge is 0.496 e. The molecule has 0 radical (unpaired) electrons. The molecule has 0 aliphatic carbocycles. The summed E-state index contributed by atoms with van der Waals surface area (Å²) in [5, 5.41) is 12.2. The zero-order valence-corrected chi connectivity index (χ0v) is 13.9. The molecule has 0 aliphatic heterocycles. The number of carbonyl (C=O) groups is 1. The normalized spacial score (nSPS) is 12.1. The molecule has 1 aromatic rings. The molecule has 124 valence electrons. The van der Waals surface area contributed by atoms with E-state index in [2.05, 4.69) is 19.2 Å². The Labute approximate surface area is 132 Å². The van der Waals surface area contributed by atoms with Crippen LogP contribution < -0.4 is 14.8 Å². The number of aliphatic hydroxyl groups is 1. The van der Waals surface area contributed by atoms with Crippen LogP contribution in [0.5, 0.6) is 11.5 Å². The summed E-state index contributed by atoms with van der Waals surface area (Å²) in [5.41, 5.74) is 0.732. The molecule has 2 N–H and O–H groups in total. The predicted octanol–water partition coefficient (Wildman–Crippen LogP) is 2.68. The Bertz CT molecular complexity index is 472. The Hall–Kier alpha value is -1.75. The van der Waals surface area contributed by atoms with E-state index in [0.29, 0.717) is 18.3 Å². The van der Waals surface area contributed by atoms with Crippen molar-refractivity contribution in [2.24, 2.45) is 5.92 Å². The average Bonchev–Trinajstić information content (AvgIpc) is 2.53. The van der Waals surface area contributed by atoms with Crippen LogP contribution in [0.15, 0.2) is 18.2 Å². The number of hydrogen-bond donors (Lipinski definition) is 2. The van der Waals surface area contributed by atoms with Gasteiger partial charge in [0.1, 0.15) is 11.5 Å². The molecule has 0 fully saturated rings. The second kappa shape index (κ2) is 9.30. The van der Waals surface area contributed by atoms with E-state index in [4.69, 9.17) is 9.47 Å². The van der Waals surface area contributed by atoms with Crippen molar-refractivity contribution < 1.29 is 19.4 Å². The summed E-state index contributed by atoms with van der Waals surface area (Å²) in [5.74, 6) is 1.66. The van der Waals surface area contributed by atoms with Crippen molar-refractivity contribution >= 4 is 5.91 Å². The number of benzene rings is 1. The van der Waals surface area contributed by atoms with Gasteiger partial charge < -0.3 is 19.9 Å². The van der Waals surface area contributed by atoms with Crippen molar-refractivity contribution in [3.63, 3.8) is 0 Å². The van der Waals surface area contributed by atoms with Crippen LogP contribution in [-0.4, -0.2) is 31.3 Å². The van der Waals surface area contributed by atoms with Gasteiger partial charge in [-0.1, -0.05) is 26.7 Å². The van der Waals surface area contributed by atoms with E-state index in [1.54, 1.807) is 13.2 Å². The summed E-state index contributed by atoms with van der Waals surface area (Å²) in [6.45, 7) is 6.21. The van der Waals surface area contributed by atoms with Crippen LogP contribution in [-0.2, 0) is 4.79 Å². The van der Waals surface area contributed by atoms with E-state index < -0.39 is 6.04 Å². The lowest BCUT2D eigenvalue weighted by molar-refractivity contribution is -0.120. The van der Waals surface area contributed by atoms with Crippen LogP contribution in [0.2, 0.25) is 0 Å². The molecule has 22 heavy (non-hydrogen) atoms. The first-order chi connectivity index (χ1) is 10.5. The first kappa shape index (κ1) is 18.3. The molecule has 0 heterocycles. The van der Waals surface area contributed by atoms with Gasteiger partial charge in [0.2, 0.25) is 5.91 Å². The Morgan fingerprint density at radius 2 is 2.00 bits per heavy atom. The Balaban J connectivity index is 2.87. The summed E-state index contributed by atoms with van der Waals surface area (Å²) >= 11 is 0. The van der Waals surface area contributed by atoms with Gasteiger partial charge in [0.15, 0.2) is 0 Å². The molecule has 5 nitrogen and oxygen atoms in total. The van der Waals surface area contributed by atoms with Gasteiger partial charge in [-0.05, 0) is 18.1 Å². The first-order valence-electron chi connectivity index (χ1n) is 7.74. The van der Waals surface area contributed by atoms with E-state index in [1.165, 1.54) is 6.92 Å². The summed E-state index contributed by atoms with van der Waals surface area (Å²) in [6, 6.07) is 4.96. The number of methoxy groups -OCH3 is 1. The zero-order chi connectivity index (χ0) is 16.5. The van der Waals surface area contributed by atoms with E-state index in [0.717, 1.165) is 24.2 Å². The van der Waals surface area contributed by atoms with Gasteiger partial charge in [0.25, 0.3) is 0 Å². The lowest BCUT2D eigenvalue weighted by Crippen LogP contribution is -2.28. The van der Waals surface area contributed by atoms with Gasteiger partial charge >= 0.3 is 0 Å². The summed E-state index contributed by atoms with van der Waals surface area (Å²) in [4.78, 5) is 11.2. The van der Waals surface area contributed by atoms with E-state index in [1.807, 2.05) is 12.1 Å². The Kier molecular flexibility index (Phi) is 7.74. The van der Waals surface area contributed by atoms with Gasteiger partial charge in [-0.15, -0.1) is 0 Å². The van der Waals surface area contributed by atoms with Crippen LogP contribution >= 0.6 is 0 Å². The minimum atomic E-state index is -0.486. The van der Waals surface area contributed by atoms with Crippen molar-refractivity contribution in [3.05, 3.63) is 23.8 Å². The quantitative estimate of drug-likeness (QED) is 0.736. The lowest BCUT2D eigenvalue weighted by atomic mass is 10.0. The average molecular weight is 309 g/mol. The van der Waals surface area contributed by atoms with Gasteiger partial charge in [0.05, 0.1) is 26.4 Å². The number of carbonyl (C=O) groups excluding carboxylic acids is 1. The number of hydrogen-bond acceptors (Lipinski definition) is 4. The SMILES string of the molecule is CCC(CC)COc1ccc([C@H](CO)NC(C)=O)c(OC)c1. The van der Waals surface area contributed by atoms with Gasteiger partial charge in [-0.25, -0.2) is 0 Å². The first-order valence-corrected chi connectivity index (χ1v) is 7.74. The molecule has 1 rings (SSSR count). The summed E-state index contributed by atoms with van der Waals surface area (Å²) < 4.78 is 11.2. The van der Waals surface area contributed by atoms with Crippen molar-refractivity contribution in [1.82, 2.24) is 5.32 Å². The van der Waals surface area contributed by atoms with Crippen LogP contribution in [0.4, 0.5) is 0 Å². The van der Waals surface area contributed by atoms with Crippen molar-refractivity contribution in [2.75, 3.05) is 20.3 Å². The van der Waals surface area contributed by atoms with Gasteiger partial charge in [-0.3, -0.25) is 4.79 Å². The highest BCUT2D eigenvalue weighted by Gasteiger charge is 2.17. The van der Waals surface area contributed by atoms with Crippen LogP contribution in [0, 0.1) is 5.92 Å². The van der Waals surface area contributed by atoms with E-state index >= 15 is 0 Å². The number of ether oxygens (including phenoxy) is 2. The molecule has 0 bridgehead atoms. The third-order valence-electron chi connectivity index (χ3n) is 3.78. The van der Waals surface area contributed by atoms with E-state index in [-0.39, 0.29) is 12.5 Å². The molecule has 1 aromatic carbocycles. The highest BCUT2D eigenvalue weighted by Crippen LogP contribution is 2.30. The molecule has 1 atom stereocenters. The molecule has 0 saturated carbocycles. The maximum Gasteiger partial charge on any atom is 0.217 e. The fraction of sp³-hybridized carbons (Fsp3) is 0.588. The molecule has 0 aromatic heterocycles. The van der Waals surface area contributed by atoms with Crippen molar-refractivity contribution in [2.45, 2.75) is 39.7 Å². The lowest BCUT2D eigenvalue weighted by Gasteiger charge is -2.20. The molecule has 0 saturated heterocycles. The van der Waals surface area contributed by atoms with Crippen LogP contribution in [0.1, 0.15) is 45.2 Å². The molecular formula is C17H27NO4. The van der Waals surface area contributed by atoms with Crippen molar-refractivity contribution in [3.8, 4) is 11.5 Å². The fourth-order valence-corrected chi connectivity index (χ4v) is 2.27. The smallest absolute Gasteiger partial charge is 0.217 e. The Morgan fingerprint density at radius 1 is 1.32 bits per heavy atom. The third kappa shape index (κ3) is 5.22. The topological polar surface area (TPSA) is 67.8 Å². The molecular weight excluding hydrogens is 282 g/mol. The molecule has 0 unspecified atom stereocenters. The fourth-order valence-electron chi connectivity index (χ4n) is 2.27. The minimum Gasteiger partial charge on any atom is -0.496 e. The highest BCUT2D eigenvalue weighted by molar-refractivity contribution is 5.73. The number of nitrogens with one attached hydrogen (secondary N) is 1. The number of rotatable bonds is 9. The zero-order valence-electron chi connectivity index (χ0n) is 13.9. The molecule has 0 spiro atoms. The van der Waals surface area contributed by atoms with Crippen molar-refractivity contribution in [1.29, 1.82) is 0 Å². The molecule has 1 amide bonds. The second-order valence-corrected chi connectivity index (χ2v) is 5.33. The Morgan fingerprint density at radius 3 is 2.50 bits per heavy atom. The molecule has 0 aliphatic rings. The third-order valence-corrected chi connectivity index (χ3v) is 3.78. The molecule has 5 heteroatoms. The monoisotopic (exact) mass is 309 g/mol. The van der Waals surface area contributed by atoms with Crippen LogP contribution in [0.25, 0.3) is 0 Å². The van der Waals surface area contributed by atoms with Gasteiger partial charge in [0, 0.05) is 18.6 Å². The standard InChI is InChI=1S/C17H27NO4/c1-5-13(6-2)11-22-14-7-8-15(17(9-14)21-4)16(10-19)18-12(3)20/h7-9,13,16,19H,5-6,10-11H2,1-4H3,(H,18,20)/t16-/m0/s1. The van der Waals surface area contributed by atoms with E-state index in [9.17, 15) is 9.90 Å². The number of amides is 1.